The number of aliphatic hydroxyl groups is 1. The summed E-state index contributed by atoms with van der Waals surface area (Å²) >= 11 is 3.21. The van der Waals surface area contributed by atoms with Crippen molar-refractivity contribution in [3.63, 3.8) is 0 Å². The van der Waals surface area contributed by atoms with Crippen LogP contribution in [0, 0.1) is 0 Å². The molecule has 0 aliphatic rings. The van der Waals surface area contributed by atoms with Gasteiger partial charge in [-0.25, -0.2) is 4.68 Å². The third-order valence-corrected chi connectivity index (χ3v) is 2.73. The highest BCUT2D eigenvalue weighted by molar-refractivity contribution is 9.10. The van der Waals surface area contributed by atoms with E-state index in [1.807, 2.05) is 13.8 Å². The van der Waals surface area contributed by atoms with Crippen molar-refractivity contribution in [2.45, 2.75) is 26.4 Å². The monoisotopic (exact) mass is 275 g/mol. The molecule has 1 aromatic heterocycles. The number of halogens is 1. The molecule has 0 saturated heterocycles. The quantitative estimate of drug-likeness (QED) is 0.854. The minimum absolute atomic E-state index is 0.00328. The first kappa shape index (κ1) is 12.2. The summed E-state index contributed by atoms with van der Waals surface area (Å²) in [6, 6.07) is -0.111. The largest absolute Gasteiger partial charge is 0.394 e. The van der Waals surface area contributed by atoms with Crippen LogP contribution in [0.1, 0.15) is 13.8 Å². The lowest BCUT2D eigenvalue weighted by atomic mass is 10.3. The molecule has 0 aliphatic carbocycles. The molecular formula is C9H14BrN3O2. The van der Waals surface area contributed by atoms with E-state index in [2.05, 4.69) is 26.3 Å². The van der Waals surface area contributed by atoms with Gasteiger partial charge in [-0.05, 0) is 29.8 Å². The fourth-order valence-electron chi connectivity index (χ4n) is 1.10. The number of aliphatic hydroxyl groups excluding tert-OH is 1. The zero-order chi connectivity index (χ0) is 11.4. The summed E-state index contributed by atoms with van der Waals surface area (Å²) < 4.78 is 1.80. The molecule has 0 aliphatic heterocycles. The van der Waals surface area contributed by atoms with Gasteiger partial charge in [0.2, 0.25) is 0 Å². The summed E-state index contributed by atoms with van der Waals surface area (Å²) in [5.41, 5.74) is 0.430. The van der Waals surface area contributed by atoms with E-state index >= 15 is 0 Å². The van der Waals surface area contributed by atoms with Crippen LogP contribution in [0.25, 0.3) is 0 Å². The molecule has 0 radical (unpaired) electrons. The molecule has 1 rings (SSSR count). The third kappa shape index (κ3) is 2.79. The van der Waals surface area contributed by atoms with Crippen molar-refractivity contribution >= 4 is 21.6 Å². The maximum atomic E-state index is 11.6. The lowest BCUT2D eigenvalue weighted by molar-refractivity contribution is 0.281. The Kier molecular flexibility index (Phi) is 4.28. The van der Waals surface area contributed by atoms with E-state index in [1.165, 1.54) is 4.68 Å². The Bertz CT molecular complexity index is 391. The molecule has 1 aromatic rings. The predicted molar refractivity (Wildman–Crippen MR) is 62.0 cm³/mol. The van der Waals surface area contributed by atoms with Gasteiger partial charge in [0.15, 0.2) is 0 Å². The molecule has 0 amide bonds. The standard InChI is InChI=1S/C9H14BrN3O2/c1-3-13-9(15)8(10)7(4-11-13)12-6(2)5-14/h4,6,12,14H,3,5H2,1-2H3. The lowest BCUT2D eigenvalue weighted by Gasteiger charge is -2.13. The Morgan fingerprint density at radius 1 is 1.73 bits per heavy atom. The first-order valence-corrected chi connectivity index (χ1v) is 5.52. The van der Waals surface area contributed by atoms with E-state index in [4.69, 9.17) is 5.11 Å². The average molecular weight is 276 g/mol. The second-order valence-electron chi connectivity index (χ2n) is 3.22. The number of aromatic nitrogens is 2. The molecule has 0 bridgehead atoms. The fraction of sp³-hybridized carbons (Fsp3) is 0.556. The number of nitrogens with one attached hydrogen (secondary N) is 1. The van der Waals surface area contributed by atoms with Gasteiger partial charge in [0, 0.05) is 12.6 Å². The normalized spacial score (nSPS) is 12.5. The van der Waals surface area contributed by atoms with Crippen LogP contribution < -0.4 is 10.9 Å². The predicted octanol–water partition coefficient (Wildman–Crippen LogP) is 0.818. The molecule has 0 spiro atoms. The number of hydrogen-bond acceptors (Lipinski definition) is 4. The minimum Gasteiger partial charge on any atom is -0.394 e. The molecular weight excluding hydrogens is 262 g/mol. The first-order valence-electron chi connectivity index (χ1n) is 4.73. The smallest absolute Gasteiger partial charge is 0.283 e. The molecule has 6 heteroatoms. The highest BCUT2D eigenvalue weighted by Gasteiger charge is 2.09. The summed E-state index contributed by atoms with van der Waals surface area (Å²) in [6.45, 7) is 4.21. The van der Waals surface area contributed by atoms with Crippen LogP contribution in [0.15, 0.2) is 15.5 Å². The van der Waals surface area contributed by atoms with Crippen LogP contribution in [0.2, 0.25) is 0 Å². The summed E-state index contributed by atoms with van der Waals surface area (Å²) in [7, 11) is 0. The molecule has 5 nitrogen and oxygen atoms in total. The number of hydrogen-bond donors (Lipinski definition) is 2. The van der Waals surface area contributed by atoms with Gasteiger partial charge in [-0.1, -0.05) is 0 Å². The van der Waals surface area contributed by atoms with E-state index in [1.54, 1.807) is 6.20 Å². The maximum absolute atomic E-state index is 11.6. The average Bonchev–Trinajstić information content (AvgIpc) is 2.25. The molecule has 84 valence electrons. The minimum atomic E-state index is -0.173. The zero-order valence-corrected chi connectivity index (χ0v) is 10.3. The second kappa shape index (κ2) is 5.27. The van der Waals surface area contributed by atoms with Crippen LogP contribution in [-0.2, 0) is 6.54 Å². The van der Waals surface area contributed by atoms with E-state index in [9.17, 15) is 4.79 Å². The maximum Gasteiger partial charge on any atom is 0.283 e. The van der Waals surface area contributed by atoms with Gasteiger partial charge in [-0.2, -0.15) is 5.10 Å². The summed E-state index contributed by atoms with van der Waals surface area (Å²) in [5, 5.41) is 15.8. The van der Waals surface area contributed by atoms with Gasteiger partial charge >= 0.3 is 0 Å². The van der Waals surface area contributed by atoms with Gasteiger partial charge in [-0.3, -0.25) is 4.79 Å². The Morgan fingerprint density at radius 2 is 2.40 bits per heavy atom. The van der Waals surface area contributed by atoms with E-state index in [0.29, 0.717) is 16.7 Å². The molecule has 1 heterocycles. The molecule has 2 N–H and O–H groups in total. The third-order valence-electron chi connectivity index (χ3n) is 1.96. The Balaban J connectivity index is 3.02. The van der Waals surface area contributed by atoms with Crippen LogP contribution in [-0.4, -0.2) is 27.5 Å². The molecule has 0 aromatic carbocycles. The number of rotatable bonds is 4. The van der Waals surface area contributed by atoms with Crippen molar-refractivity contribution in [2.75, 3.05) is 11.9 Å². The molecule has 0 saturated carbocycles. The summed E-state index contributed by atoms with van der Waals surface area (Å²) in [4.78, 5) is 11.6. The van der Waals surface area contributed by atoms with Crippen molar-refractivity contribution in [1.29, 1.82) is 0 Å². The number of aryl methyl sites for hydroxylation is 1. The SMILES string of the molecule is CCn1ncc(NC(C)CO)c(Br)c1=O. The van der Waals surface area contributed by atoms with Crippen LogP contribution in [0.3, 0.4) is 0 Å². The Labute approximate surface area is 96.2 Å². The fourth-order valence-corrected chi connectivity index (χ4v) is 1.52. The van der Waals surface area contributed by atoms with E-state index in [-0.39, 0.29) is 18.2 Å². The van der Waals surface area contributed by atoms with Crippen molar-refractivity contribution in [3.05, 3.63) is 21.0 Å². The van der Waals surface area contributed by atoms with Gasteiger partial charge < -0.3 is 10.4 Å². The Hall–Kier alpha value is -0.880. The Morgan fingerprint density at radius 3 is 2.93 bits per heavy atom. The van der Waals surface area contributed by atoms with Crippen LogP contribution in [0.4, 0.5) is 5.69 Å². The highest BCUT2D eigenvalue weighted by Crippen LogP contribution is 2.16. The van der Waals surface area contributed by atoms with Gasteiger partial charge in [0.05, 0.1) is 18.5 Å². The number of nitrogens with zero attached hydrogens (tertiary/aromatic N) is 2. The van der Waals surface area contributed by atoms with Crippen molar-refractivity contribution in [2.24, 2.45) is 0 Å². The summed E-state index contributed by atoms with van der Waals surface area (Å²) in [6.07, 6.45) is 1.57. The second-order valence-corrected chi connectivity index (χ2v) is 4.01. The van der Waals surface area contributed by atoms with Crippen molar-refractivity contribution in [1.82, 2.24) is 9.78 Å². The number of anilines is 1. The van der Waals surface area contributed by atoms with Crippen molar-refractivity contribution in [3.8, 4) is 0 Å². The first-order chi connectivity index (χ1) is 7.10. The summed E-state index contributed by atoms with van der Waals surface area (Å²) in [5.74, 6) is 0. The lowest BCUT2D eigenvalue weighted by Crippen LogP contribution is -2.26. The zero-order valence-electron chi connectivity index (χ0n) is 8.70. The molecule has 1 atom stereocenters. The molecule has 0 fully saturated rings. The van der Waals surface area contributed by atoms with Gasteiger partial charge in [0.25, 0.3) is 5.56 Å². The molecule has 1 unspecified atom stereocenters. The van der Waals surface area contributed by atoms with Crippen LogP contribution in [0.5, 0.6) is 0 Å². The van der Waals surface area contributed by atoms with Gasteiger partial charge in [0.1, 0.15) is 4.47 Å². The highest BCUT2D eigenvalue weighted by atomic mass is 79.9. The van der Waals surface area contributed by atoms with Gasteiger partial charge in [-0.15, -0.1) is 0 Å². The van der Waals surface area contributed by atoms with E-state index in [0.717, 1.165) is 0 Å². The van der Waals surface area contributed by atoms with E-state index < -0.39 is 0 Å². The topological polar surface area (TPSA) is 67.2 Å². The van der Waals surface area contributed by atoms with Crippen LogP contribution >= 0.6 is 15.9 Å². The van der Waals surface area contributed by atoms with Crippen molar-refractivity contribution < 1.29 is 5.11 Å². The molecule has 15 heavy (non-hydrogen) atoms.